The number of hydrogen-bond acceptors (Lipinski definition) is 3. The molecule has 0 unspecified atom stereocenters. The molecule has 0 radical (unpaired) electrons. The fraction of sp³-hybridized carbons (Fsp3) is 0.476. The summed E-state index contributed by atoms with van der Waals surface area (Å²) in [4.78, 5) is 19.0. The Kier molecular flexibility index (Phi) is 4.98. The van der Waals surface area contributed by atoms with Crippen LogP contribution < -0.4 is 0 Å². The number of phenols is 1. The van der Waals surface area contributed by atoms with E-state index in [1.54, 1.807) is 6.07 Å². The predicted molar refractivity (Wildman–Crippen MR) is 103 cm³/mol. The van der Waals surface area contributed by atoms with Crippen molar-refractivity contribution in [3.05, 3.63) is 42.0 Å². The van der Waals surface area contributed by atoms with Crippen molar-refractivity contribution < 1.29 is 9.90 Å². The van der Waals surface area contributed by atoms with E-state index in [-0.39, 0.29) is 6.03 Å². The van der Waals surface area contributed by atoms with Gasteiger partial charge in [-0.15, -0.1) is 0 Å². The molecule has 4 rings (SSSR count). The van der Waals surface area contributed by atoms with Gasteiger partial charge in [0.05, 0.1) is 0 Å². The molecule has 0 saturated carbocycles. The van der Waals surface area contributed by atoms with Crippen LogP contribution in [0.3, 0.4) is 0 Å². The first-order chi connectivity index (χ1) is 12.7. The smallest absolute Gasteiger partial charge is 0.320 e. The van der Waals surface area contributed by atoms with Crippen molar-refractivity contribution in [3.8, 4) is 5.75 Å². The SMILES string of the molecule is O=C(N1CCCCC1)N1CCN(Cc2c(O)ccc3ccccc23)CC1. The van der Waals surface area contributed by atoms with E-state index in [2.05, 4.69) is 17.0 Å². The Labute approximate surface area is 154 Å². The largest absolute Gasteiger partial charge is 0.508 e. The molecule has 5 nitrogen and oxygen atoms in total. The third-order valence-corrected chi connectivity index (χ3v) is 5.67. The van der Waals surface area contributed by atoms with Crippen molar-refractivity contribution in [2.75, 3.05) is 39.3 Å². The molecule has 2 aromatic rings. The van der Waals surface area contributed by atoms with Gasteiger partial charge in [-0.3, -0.25) is 4.90 Å². The minimum Gasteiger partial charge on any atom is -0.508 e. The third kappa shape index (κ3) is 3.49. The Bertz CT molecular complexity index is 778. The second-order valence-corrected chi connectivity index (χ2v) is 7.38. The lowest BCUT2D eigenvalue weighted by atomic mass is 10.0. The number of hydrogen-bond donors (Lipinski definition) is 1. The number of piperazine rings is 1. The van der Waals surface area contributed by atoms with Crippen LogP contribution in [0.1, 0.15) is 24.8 Å². The van der Waals surface area contributed by atoms with Crippen molar-refractivity contribution in [1.82, 2.24) is 14.7 Å². The summed E-state index contributed by atoms with van der Waals surface area (Å²) in [6, 6.07) is 12.1. The molecule has 2 aliphatic rings. The van der Waals surface area contributed by atoms with E-state index >= 15 is 0 Å². The van der Waals surface area contributed by atoms with Gasteiger partial charge in [0.1, 0.15) is 5.75 Å². The van der Waals surface area contributed by atoms with E-state index in [1.807, 2.05) is 28.0 Å². The third-order valence-electron chi connectivity index (χ3n) is 5.67. The number of benzene rings is 2. The molecule has 1 N–H and O–H groups in total. The van der Waals surface area contributed by atoms with Crippen LogP contribution in [0.2, 0.25) is 0 Å². The number of nitrogens with zero attached hydrogens (tertiary/aromatic N) is 3. The second-order valence-electron chi connectivity index (χ2n) is 7.38. The summed E-state index contributed by atoms with van der Waals surface area (Å²) in [6.45, 7) is 5.76. The maximum Gasteiger partial charge on any atom is 0.320 e. The Hall–Kier alpha value is -2.27. The van der Waals surface area contributed by atoms with Gasteiger partial charge in [-0.25, -0.2) is 4.79 Å². The number of piperidine rings is 1. The molecule has 2 aromatic carbocycles. The molecule has 0 atom stereocenters. The number of carbonyl (C=O) groups is 1. The number of aromatic hydroxyl groups is 1. The molecule has 2 amide bonds. The van der Waals surface area contributed by atoms with E-state index < -0.39 is 0 Å². The molecule has 2 saturated heterocycles. The first-order valence-corrected chi connectivity index (χ1v) is 9.68. The van der Waals surface area contributed by atoms with Crippen LogP contribution in [0.25, 0.3) is 10.8 Å². The lowest BCUT2D eigenvalue weighted by Crippen LogP contribution is -2.53. The number of carbonyl (C=O) groups excluding carboxylic acids is 1. The first-order valence-electron chi connectivity index (χ1n) is 9.68. The van der Waals surface area contributed by atoms with Gasteiger partial charge in [-0.1, -0.05) is 30.3 Å². The fourth-order valence-electron chi connectivity index (χ4n) is 4.10. The van der Waals surface area contributed by atoms with Gasteiger partial charge in [-0.05, 0) is 36.1 Å². The molecule has 5 heteroatoms. The number of rotatable bonds is 2. The maximum absolute atomic E-state index is 12.6. The average Bonchev–Trinajstić information content (AvgIpc) is 2.71. The summed E-state index contributed by atoms with van der Waals surface area (Å²) in [5.41, 5.74) is 0.985. The minimum absolute atomic E-state index is 0.206. The number of fused-ring (bicyclic) bond motifs is 1. The first kappa shape index (κ1) is 17.2. The van der Waals surface area contributed by atoms with Crippen LogP contribution in [-0.2, 0) is 6.54 Å². The van der Waals surface area contributed by atoms with Gasteiger partial charge in [-0.2, -0.15) is 0 Å². The Morgan fingerprint density at radius 2 is 1.54 bits per heavy atom. The van der Waals surface area contributed by atoms with Gasteiger partial charge in [0.2, 0.25) is 0 Å². The van der Waals surface area contributed by atoms with Gasteiger partial charge in [0.15, 0.2) is 0 Å². The second kappa shape index (κ2) is 7.54. The predicted octanol–water partition coefficient (Wildman–Crippen LogP) is 3.27. The number of phenolic OH excluding ortho intramolecular Hbond substituents is 1. The van der Waals surface area contributed by atoms with Crippen molar-refractivity contribution in [2.45, 2.75) is 25.8 Å². The molecule has 2 heterocycles. The summed E-state index contributed by atoms with van der Waals surface area (Å²) in [7, 11) is 0. The molecule has 26 heavy (non-hydrogen) atoms. The molecule has 138 valence electrons. The monoisotopic (exact) mass is 353 g/mol. The van der Waals surface area contributed by atoms with E-state index in [9.17, 15) is 9.90 Å². The molecule has 0 spiro atoms. The standard InChI is InChI=1S/C21H27N3O2/c25-20-9-8-17-6-2-3-7-18(17)19(20)16-22-12-14-24(15-13-22)21(26)23-10-4-1-5-11-23/h2-3,6-9,25H,1,4-5,10-16H2. The average molecular weight is 353 g/mol. The zero-order valence-electron chi connectivity index (χ0n) is 15.2. The fourth-order valence-corrected chi connectivity index (χ4v) is 4.10. The van der Waals surface area contributed by atoms with Gasteiger partial charge >= 0.3 is 6.03 Å². The lowest BCUT2D eigenvalue weighted by molar-refractivity contribution is 0.104. The summed E-state index contributed by atoms with van der Waals surface area (Å²) < 4.78 is 0. The number of amides is 2. The number of likely N-dealkylation sites (tertiary alicyclic amines) is 1. The van der Waals surface area contributed by atoms with E-state index in [0.29, 0.717) is 5.75 Å². The highest BCUT2D eigenvalue weighted by Crippen LogP contribution is 2.28. The Morgan fingerprint density at radius 3 is 2.31 bits per heavy atom. The van der Waals surface area contributed by atoms with Crippen LogP contribution in [0.5, 0.6) is 5.75 Å². The van der Waals surface area contributed by atoms with Crippen molar-refractivity contribution >= 4 is 16.8 Å². The molecule has 0 bridgehead atoms. The molecule has 0 aliphatic carbocycles. The zero-order chi connectivity index (χ0) is 17.9. The highest BCUT2D eigenvalue weighted by atomic mass is 16.3. The summed E-state index contributed by atoms with van der Waals surface area (Å²) in [5.74, 6) is 0.357. The van der Waals surface area contributed by atoms with Crippen LogP contribution in [0.4, 0.5) is 4.79 Å². The van der Waals surface area contributed by atoms with Gasteiger partial charge in [0, 0.05) is 51.4 Å². The highest BCUT2D eigenvalue weighted by molar-refractivity contribution is 5.87. The molecular formula is C21H27N3O2. The summed E-state index contributed by atoms with van der Waals surface area (Å²) >= 11 is 0. The van der Waals surface area contributed by atoms with Crippen LogP contribution >= 0.6 is 0 Å². The topological polar surface area (TPSA) is 47.0 Å². The number of urea groups is 1. The van der Waals surface area contributed by atoms with Crippen molar-refractivity contribution in [1.29, 1.82) is 0 Å². The van der Waals surface area contributed by atoms with Crippen molar-refractivity contribution in [3.63, 3.8) is 0 Å². The quantitative estimate of drug-likeness (QED) is 0.901. The molecule has 2 fully saturated rings. The van der Waals surface area contributed by atoms with E-state index in [4.69, 9.17) is 0 Å². The summed E-state index contributed by atoms with van der Waals surface area (Å²) in [6.07, 6.45) is 3.50. The van der Waals surface area contributed by atoms with Crippen LogP contribution in [0, 0.1) is 0 Å². The zero-order valence-corrected chi connectivity index (χ0v) is 15.2. The van der Waals surface area contributed by atoms with Crippen LogP contribution in [-0.4, -0.2) is 65.1 Å². The maximum atomic E-state index is 12.6. The van der Waals surface area contributed by atoms with Gasteiger partial charge in [0.25, 0.3) is 0 Å². The van der Waals surface area contributed by atoms with Crippen molar-refractivity contribution in [2.24, 2.45) is 0 Å². The normalized spacial score (nSPS) is 19.1. The highest BCUT2D eigenvalue weighted by Gasteiger charge is 2.26. The Balaban J connectivity index is 1.40. The van der Waals surface area contributed by atoms with E-state index in [1.165, 1.54) is 6.42 Å². The molecular weight excluding hydrogens is 326 g/mol. The molecule has 0 aromatic heterocycles. The van der Waals surface area contributed by atoms with Crippen LogP contribution in [0.15, 0.2) is 36.4 Å². The summed E-state index contributed by atoms with van der Waals surface area (Å²) in [5, 5.41) is 12.6. The lowest BCUT2D eigenvalue weighted by Gasteiger charge is -2.38. The minimum atomic E-state index is 0.206. The van der Waals surface area contributed by atoms with E-state index in [0.717, 1.165) is 75.0 Å². The molecule has 2 aliphatic heterocycles. The van der Waals surface area contributed by atoms with Gasteiger partial charge < -0.3 is 14.9 Å². The Morgan fingerprint density at radius 1 is 0.846 bits per heavy atom.